The Hall–Kier alpha value is -1.94. The van der Waals surface area contributed by atoms with Crippen molar-refractivity contribution in [2.75, 3.05) is 0 Å². The summed E-state index contributed by atoms with van der Waals surface area (Å²) in [4.78, 5) is 21.7. The van der Waals surface area contributed by atoms with E-state index in [0.717, 1.165) is 44.4 Å². The lowest BCUT2D eigenvalue weighted by molar-refractivity contribution is -0.119. The minimum absolute atomic E-state index is 0.157. The number of nitrogens with two attached hydrogens (primary N) is 2. The van der Waals surface area contributed by atoms with E-state index in [2.05, 4.69) is 30.6 Å². The van der Waals surface area contributed by atoms with Crippen molar-refractivity contribution in [1.82, 2.24) is 0 Å². The van der Waals surface area contributed by atoms with Crippen molar-refractivity contribution in [3.8, 4) is 23.7 Å². The van der Waals surface area contributed by atoms with Crippen LogP contribution >= 0.6 is 0 Å². The monoisotopic (exact) mass is 753 g/mol. The van der Waals surface area contributed by atoms with Crippen molar-refractivity contribution in [2.24, 2.45) is 17.4 Å². The molecule has 0 aliphatic rings. The Bertz CT molecular complexity index is 882. The first kappa shape index (κ1) is 52.1. The van der Waals surface area contributed by atoms with Crippen LogP contribution in [0.2, 0.25) is 0 Å². The van der Waals surface area contributed by atoms with E-state index in [-0.39, 0.29) is 11.8 Å². The van der Waals surface area contributed by atoms with Gasteiger partial charge in [0.05, 0.1) is 0 Å². The lowest BCUT2D eigenvalue weighted by Gasteiger charge is -2.17. The third-order valence-corrected chi connectivity index (χ3v) is 11.4. The summed E-state index contributed by atoms with van der Waals surface area (Å²) < 4.78 is 0. The van der Waals surface area contributed by atoms with Gasteiger partial charge in [0.2, 0.25) is 11.8 Å². The van der Waals surface area contributed by atoms with Gasteiger partial charge in [0, 0.05) is 25.7 Å². The number of carbonyl (C=O) groups excluding carboxylic acids is 2. The standard InChI is InChI=1S/C50H92N2O2/c1-2-3-4-5-6-7-8-9-10-11-12-13-14-15-18-23-28-33-38-43-48(44-39-34-29-24-19-16-21-26-31-36-41-46-49(51)53)45-40-35-30-25-20-17-22-27-32-37-42-47-50(52)54/h48H,2-9,14-47H2,1H3,(H2,51,53)(H2,52,54). The molecule has 0 heterocycles. The maximum atomic E-state index is 10.8. The molecule has 0 aromatic rings. The van der Waals surface area contributed by atoms with Crippen molar-refractivity contribution >= 4 is 11.8 Å². The van der Waals surface area contributed by atoms with Gasteiger partial charge in [-0.05, 0) is 43.4 Å². The second-order valence-corrected chi connectivity index (χ2v) is 16.8. The van der Waals surface area contributed by atoms with E-state index >= 15 is 0 Å². The summed E-state index contributed by atoms with van der Waals surface area (Å²) in [5, 5.41) is 0. The molecule has 0 unspecified atom stereocenters. The van der Waals surface area contributed by atoms with Crippen molar-refractivity contribution in [3.05, 3.63) is 0 Å². The molecule has 0 aromatic heterocycles. The summed E-state index contributed by atoms with van der Waals surface area (Å²) in [6.07, 6.45) is 53.9. The number of primary amides is 2. The molecule has 0 atom stereocenters. The van der Waals surface area contributed by atoms with E-state index in [1.807, 2.05) is 0 Å². The Balaban J connectivity index is 4.05. The minimum Gasteiger partial charge on any atom is -0.370 e. The molecule has 0 bridgehead atoms. The second kappa shape index (κ2) is 45.4. The summed E-state index contributed by atoms with van der Waals surface area (Å²) in [5.74, 6) is 13.3. The van der Waals surface area contributed by atoms with E-state index in [1.54, 1.807) is 0 Å². The van der Waals surface area contributed by atoms with Crippen LogP contribution in [0.15, 0.2) is 0 Å². The third kappa shape index (κ3) is 46.2. The Labute approximate surface area is 338 Å². The molecule has 0 aliphatic carbocycles. The zero-order valence-corrected chi connectivity index (χ0v) is 36.2. The number of hydrogen-bond donors (Lipinski definition) is 2. The highest BCUT2D eigenvalue weighted by molar-refractivity contribution is 5.73. The largest absolute Gasteiger partial charge is 0.370 e. The highest BCUT2D eigenvalue weighted by Gasteiger charge is 2.09. The zero-order chi connectivity index (χ0) is 39.3. The molecule has 0 saturated heterocycles. The average Bonchev–Trinajstić information content (AvgIpc) is 3.15. The Morgan fingerprint density at radius 2 is 0.593 bits per heavy atom. The van der Waals surface area contributed by atoms with Gasteiger partial charge in [0.25, 0.3) is 0 Å². The maximum Gasteiger partial charge on any atom is 0.217 e. The Kier molecular flexibility index (Phi) is 43.8. The maximum absolute atomic E-state index is 10.8. The third-order valence-electron chi connectivity index (χ3n) is 11.4. The molecular weight excluding hydrogens is 661 g/mol. The fraction of sp³-hybridized carbons (Fsp3) is 0.880. The fourth-order valence-corrected chi connectivity index (χ4v) is 7.82. The van der Waals surface area contributed by atoms with Crippen molar-refractivity contribution in [2.45, 2.75) is 277 Å². The molecule has 4 N–H and O–H groups in total. The molecule has 4 heteroatoms. The smallest absolute Gasteiger partial charge is 0.217 e. The van der Waals surface area contributed by atoms with Gasteiger partial charge in [-0.2, -0.15) is 0 Å². The number of hydrogen-bond acceptors (Lipinski definition) is 2. The highest BCUT2D eigenvalue weighted by Crippen LogP contribution is 2.25. The van der Waals surface area contributed by atoms with Crippen molar-refractivity contribution in [1.29, 1.82) is 0 Å². The number of carbonyl (C=O) groups is 2. The van der Waals surface area contributed by atoms with Gasteiger partial charge < -0.3 is 11.5 Å². The van der Waals surface area contributed by atoms with Gasteiger partial charge in [-0.1, -0.05) is 237 Å². The van der Waals surface area contributed by atoms with Crippen LogP contribution in [0.1, 0.15) is 277 Å². The summed E-state index contributed by atoms with van der Waals surface area (Å²) in [7, 11) is 0. The van der Waals surface area contributed by atoms with Gasteiger partial charge in [-0.15, -0.1) is 0 Å². The first-order chi connectivity index (χ1) is 26.6. The van der Waals surface area contributed by atoms with Crippen LogP contribution in [0.5, 0.6) is 0 Å². The molecule has 314 valence electrons. The van der Waals surface area contributed by atoms with Crippen LogP contribution < -0.4 is 11.5 Å². The van der Waals surface area contributed by atoms with Crippen LogP contribution in [0, 0.1) is 29.6 Å². The summed E-state index contributed by atoms with van der Waals surface area (Å²) in [6, 6.07) is 0. The van der Waals surface area contributed by atoms with Gasteiger partial charge in [0.1, 0.15) is 0 Å². The van der Waals surface area contributed by atoms with E-state index < -0.39 is 0 Å². The van der Waals surface area contributed by atoms with E-state index in [4.69, 9.17) is 11.5 Å². The summed E-state index contributed by atoms with van der Waals surface area (Å²) >= 11 is 0. The summed E-state index contributed by atoms with van der Waals surface area (Å²) in [5.41, 5.74) is 10.5. The number of amides is 2. The average molecular weight is 753 g/mol. The predicted octanol–water partition coefficient (Wildman–Crippen LogP) is 15.0. The van der Waals surface area contributed by atoms with Gasteiger partial charge in [0.15, 0.2) is 0 Å². The Morgan fingerprint density at radius 3 is 0.870 bits per heavy atom. The number of rotatable bonds is 43. The molecule has 54 heavy (non-hydrogen) atoms. The normalized spacial score (nSPS) is 11.0. The zero-order valence-electron chi connectivity index (χ0n) is 36.2. The van der Waals surface area contributed by atoms with E-state index in [1.165, 1.54) is 218 Å². The topological polar surface area (TPSA) is 86.2 Å². The van der Waals surface area contributed by atoms with Crippen LogP contribution in [0.3, 0.4) is 0 Å². The SMILES string of the molecule is CCCCCCCCCC#CC#CCCCCCCCCC(CCCCCCCCCCCCCC(N)=O)CCCCCCCCCCCCCC(N)=O. The minimum atomic E-state index is -0.157. The van der Waals surface area contributed by atoms with Crippen LogP contribution in [-0.4, -0.2) is 11.8 Å². The van der Waals surface area contributed by atoms with Crippen molar-refractivity contribution in [3.63, 3.8) is 0 Å². The quantitative estimate of drug-likeness (QED) is 0.0480. The highest BCUT2D eigenvalue weighted by atomic mass is 16.1. The summed E-state index contributed by atoms with van der Waals surface area (Å²) in [6.45, 7) is 2.28. The first-order valence-electron chi connectivity index (χ1n) is 24.1. The van der Waals surface area contributed by atoms with Crippen LogP contribution in [0.25, 0.3) is 0 Å². The van der Waals surface area contributed by atoms with Gasteiger partial charge in [-0.3, -0.25) is 9.59 Å². The molecule has 0 saturated carbocycles. The van der Waals surface area contributed by atoms with Gasteiger partial charge >= 0.3 is 0 Å². The van der Waals surface area contributed by atoms with Crippen molar-refractivity contribution < 1.29 is 9.59 Å². The molecular formula is C50H92N2O2. The van der Waals surface area contributed by atoms with Crippen LogP contribution in [0.4, 0.5) is 0 Å². The van der Waals surface area contributed by atoms with E-state index in [0.29, 0.717) is 12.8 Å². The lowest BCUT2D eigenvalue weighted by Crippen LogP contribution is -2.09. The molecule has 4 nitrogen and oxygen atoms in total. The van der Waals surface area contributed by atoms with Gasteiger partial charge in [-0.25, -0.2) is 0 Å². The van der Waals surface area contributed by atoms with Crippen LogP contribution in [-0.2, 0) is 9.59 Å². The molecule has 0 fully saturated rings. The fourth-order valence-electron chi connectivity index (χ4n) is 7.82. The molecule has 0 radical (unpaired) electrons. The number of unbranched alkanes of at least 4 members (excludes halogenated alkanes) is 33. The molecule has 0 rings (SSSR count). The second-order valence-electron chi connectivity index (χ2n) is 16.8. The lowest BCUT2D eigenvalue weighted by atomic mass is 9.89. The Morgan fingerprint density at radius 1 is 0.352 bits per heavy atom. The molecule has 0 aliphatic heterocycles. The molecule has 0 aromatic carbocycles. The molecule has 2 amide bonds. The predicted molar refractivity (Wildman–Crippen MR) is 237 cm³/mol. The van der Waals surface area contributed by atoms with E-state index in [9.17, 15) is 9.59 Å². The molecule has 0 spiro atoms. The first-order valence-corrected chi connectivity index (χ1v) is 24.1.